The second-order valence-corrected chi connectivity index (χ2v) is 4.91. The van der Waals surface area contributed by atoms with Gasteiger partial charge in [-0.15, -0.1) is 0 Å². The fraction of sp³-hybridized carbons (Fsp3) is 0.267. The molecule has 0 radical (unpaired) electrons. The standard InChI is InChI=1S/C15H16N2O2/c1-9-12(6-7-19-9)15(18)17-14-5-2-10-8-11(16)3-4-13(10)14/h3-4,6-8,14H,2,5,16H2,1H3,(H,17,18). The Morgan fingerprint density at radius 3 is 3.00 bits per heavy atom. The summed E-state index contributed by atoms with van der Waals surface area (Å²) in [5.74, 6) is 0.564. The number of nitrogen functional groups attached to an aromatic ring is 1. The van der Waals surface area contributed by atoms with Gasteiger partial charge in [0.2, 0.25) is 0 Å². The highest BCUT2D eigenvalue weighted by atomic mass is 16.3. The normalized spacial score (nSPS) is 17.2. The van der Waals surface area contributed by atoms with E-state index in [2.05, 4.69) is 5.32 Å². The van der Waals surface area contributed by atoms with Crippen molar-refractivity contribution in [3.8, 4) is 0 Å². The van der Waals surface area contributed by atoms with Gasteiger partial charge in [0.15, 0.2) is 0 Å². The van der Waals surface area contributed by atoms with Crippen molar-refractivity contribution in [2.75, 3.05) is 5.73 Å². The van der Waals surface area contributed by atoms with E-state index in [0.717, 1.165) is 18.5 Å². The van der Waals surface area contributed by atoms with E-state index in [1.54, 1.807) is 13.0 Å². The average molecular weight is 256 g/mol. The Hall–Kier alpha value is -2.23. The van der Waals surface area contributed by atoms with Crippen LogP contribution in [0.1, 0.15) is 39.7 Å². The van der Waals surface area contributed by atoms with Crippen LogP contribution in [0.15, 0.2) is 34.9 Å². The SMILES string of the molecule is Cc1occc1C(=O)NC1CCc2cc(N)ccc21. The molecular weight excluding hydrogens is 240 g/mol. The molecule has 1 amide bonds. The number of amides is 1. The number of benzene rings is 1. The molecule has 1 heterocycles. The van der Waals surface area contributed by atoms with Gasteiger partial charge in [-0.3, -0.25) is 4.79 Å². The van der Waals surface area contributed by atoms with Crippen LogP contribution in [0.4, 0.5) is 5.69 Å². The van der Waals surface area contributed by atoms with Crippen molar-refractivity contribution < 1.29 is 9.21 Å². The first-order chi connectivity index (χ1) is 9.15. The van der Waals surface area contributed by atoms with E-state index in [1.165, 1.54) is 17.4 Å². The molecule has 1 aromatic carbocycles. The van der Waals surface area contributed by atoms with E-state index < -0.39 is 0 Å². The van der Waals surface area contributed by atoms with Crippen LogP contribution >= 0.6 is 0 Å². The maximum absolute atomic E-state index is 12.2. The van der Waals surface area contributed by atoms with Crippen molar-refractivity contribution in [3.63, 3.8) is 0 Å². The summed E-state index contributed by atoms with van der Waals surface area (Å²) in [5, 5.41) is 3.06. The fourth-order valence-electron chi connectivity index (χ4n) is 2.64. The maximum Gasteiger partial charge on any atom is 0.255 e. The zero-order valence-corrected chi connectivity index (χ0v) is 10.8. The molecule has 2 aromatic rings. The number of aryl methyl sites for hydroxylation is 2. The number of hydrogen-bond donors (Lipinski definition) is 2. The van der Waals surface area contributed by atoms with E-state index in [4.69, 9.17) is 10.2 Å². The first-order valence-electron chi connectivity index (χ1n) is 6.38. The van der Waals surface area contributed by atoms with Gasteiger partial charge in [-0.1, -0.05) is 6.07 Å². The van der Waals surface area contributed by atoms with Crippen LogP contribution in [-0.4, -0.2) is 5.91 Å². The summed E-state index contributed by atoms with van der Waals surface area (Å²) in [6.07, 6.45) is 3.41. The minimum Gasteiger partial charge on any atom is -0.469 e. The molecule has 0 bridgehead atoms. The highest BCUT2D eigenvalue weighted by molar-refractivity contribution is 5.95. The lowest BCUT2D eigenvalue weighted by atomic mass is 10.1. The number of furan rings is 1. The van der Waals surface area contributed by atoms with Crippen LogP contribution in [0.25, 0.3) is 0 Å². The highest BCUT2D eigenvalue weighted by Crippen LogP contribution is 2.32. The molecule has 1 aliphatic carbocycles. The van der Waals surface area contributed by atoms with Gasteiger partial charge in [-0.2, -0.15) is 0 Å². The van der Waals surface area contributed by atoms with Crippen LogP contribution in [0.5, 0.6) is 0 Å². The fourth-order valence-corrected chi connectivity index (χ4v) is 2.64. The van der Waals surface area contributed by atoms with Crippen LogP contribution in [0.3, 0.4) is 0 Å². The van der Waals surface area contributed by atoms with Crippen LogP contribution < -0.4 is 11.1 Å². The van der Waals surface area contributed by atoms with E-state index in [9.17, 15) is 4.79 Å². The monoisotopic (exact) mass is 256 g/mol. The molecule has 98 valence electrons. The molecule has 0 spiro atoms. The zero-order chi connectivity index (χ0) is 13.4. The smallest absolute Gasteiger partial charge is 0.255 e. The third-order valence-corrected chi connectivity index (χ3v) is 3.65. The van der Waals surface area contributed by atoms with Crippen molar-refractivity contribution in [1.82, 2.24) is 5.32 Å². The molecule has 19 heavy (non-hydrogen) atoms. The Morgan fingerprint density at radius 1 is 1.42 bits per heavy atom. The van der Waals surface area contributed by atoms with Gasteiger partial charge in [0.25, 0.3) is 5.91 Å². The Balaban J connectivity index is 1.80. The second-order valence-electron chi connectivity index (χ2n) is 4.91. The average Bonchev–Trinajstić information content (AvgIpc) is 2.96. The summed E-state index contributed by atoms with van der Waals surface area (Å²) in [4.78, 5) is 12.2. The Bertz CT molecular complexity index is 631. The van der Waals surface area contributed by atoms with Crippen LogP contribution in [-0.2, 0) is 6.42 Å². The van der Waals surface area contributed by atoms with Gasteiger partial charge in [0, 0.05) is 5.69 Å². The lowest BCUT2D eigenvalue weighted by Crippen LogP contribution is -2.27. The van der Waals surface area contributed by atoms with Gasteiger partial charge < -0.3 is 15.5 Å². The predicted molar refractivity (Wildman–Crippen MR) is 72.8 cm³/mol. The quantitative estimate of drug-likeness (QED) is 0.811. The molecular formula is C15H16N2O2. The van der Waals surface area contributed by atoms with Gasteiger partial charge in [-0.25, -0.2) is 0 Å². The van der Waals surface area contributed by atoms with Crippen molar-refractivity contribution in [3.05, 3.63) is 53.0 Å². The third-order valence-electron chi connectivity index (χ3n) is 3.65. The van der Waals surface area contributed by atoms with E-state index in [-0.39, 0.29) is 11.9 Å². The summed E-state index contributed by atoms with van der Waals surface area (Å²) in [7, 11) is 0. The number of fused-ring (bicyclic) bond motifs is 1. The van der Waals surface area contributed by atoms with Gasteiger partial charge in [0.05, 0.1) is 17.9 Å². The largest absolute Gasteiger partial charge is 0.469 e. The minimum atomic E-state index is -0.0825. The first kappa shape index (κ1) is 11.8. The number of carbonyl (C=O) groups excluding carboxylic acids is 1. The second kappa shape index (κ2) is 4.46. The molecule has 0 aliphatic heterocycles. The summed E-state index contributed by atoms with van der Waals surface area (Å²) in [6, 6.07) is 7.64. The van der Waals surface area contributed by atoms with Crippen LogP contribution in [0.2, 0.25) is 0 Å². The topological polar surface area (TPSA) is 68.3 Å². The van der Waals surface area contributed by atoms with Gasteiger partial charge in [-0.05, 0) is 49.1 Å². The number of rotatable bonds is 2. The number of carbonyl (C=O) groups is 1. The number of nitrogens with one attached hydrogen (secondary N) is 1. The highest BCUT2D eigenvalue weighted by Gasteiger charge is 2.25. The third kappa shape index (κ3) is 2.10. The summed E-state index contributed by atoms with van der Waals surface area (Å²) in [6.45, 7) is 1.79. The van der Waals surface area contributed by atoms with E-state index in [1.807, 2.05) is 18.2 Å². The Kier molecular flexibility index (Phi) is 2.78. The molecule has 1 unspecified atom stereocenters. The Labute approximate surface area is 111 Å². The Morgan fingerprint density at radius 2 is 2.26 bits per heavy atom. The molecule has 0 saturated heterocycles. The first-order valence-corrected chi connectivity index (χ1v) is 6.38. The molecule has 0 saturated carbocycles. The van der Waals surface area contributed by atoms with Crippen molar-refractivity contribution in [2.24, 2.45) is 0 Å². The molecule has 1 aromatic heterocycles. The maximum atomic E-state index is 12.2. The van der Waals surface area contributed by atoms with Crippen LogP contribution in [0, 0.1) is 6.92 Å². The molecule has 4 nitrogen and oxygen atoms in total. The summed E-state index contributed by atoms with van der Waals surface area (Å²) < 4.78 is 5.16. The predicted octanol–water partition coefficient (Wildman–Crippen LogP) is 2.59. The zero-order valence-electron chi connectivity index (χ0n) is 10.8. The summed E-state index contributed by atoms with van der Waals surface area (Å²) in [5.41, 5.74) is 9.55. The van der Waals surface area contributed by atoms with Gasteiger partial charge >= 0.3 is 0 Å². The van der Waals surface area contributed by atoms with Crippen molar-refractivity contribution >= 4 is 11.6 Å². The molecule has 3 rings (SSSR count). The lowest BCUT2D eigenvalue weighted by molar-refractivity contribution is 0.0935. The van der Waals surface area contributed by atoms with Gasteiger partial charge in [0.1, 0.15) is 5.76 Å². The minimum absolute atomic E-state index is 0.0670. The van der Waals surface area contributed by atoms with Crippen molar-refractivity contribution in [1.29, 1.82) is 0 Å². The molecule has 0 fully saturated rings. The number of anilines is 1. The molecule has 1 atom stereocenters. The van der Waals surface area contributed by atoms with Crippen molar-refractivity contribution in [2.45, 2.75) is 25.8 Å². The van der Waals surface area contributed by atoms with E-state index >= 15 is 0 Å². The number of nitrogens with two attached hydrogens (primary N) is 1. The number of hydrogen-bond acceptors (Lipinski definition) is 3. The molecule has 1 aliphatic rings. The van der Waals surface area contributed by atoms with E-state index in [0.29, 0.717) is 11.3 Å². The lowest BCUT2D eigenvalue weighted by Gasteiger charge is -2.14. The summed E-state index contributed by atoms with van der Waals surface area (Å²) >= 11 is 0. The molecule has 3 N–H and O–H groups in total. The molecule has 4 heteroatoms.